The zero-order valence-electron chi connectivity index (χ0n) is 10.4. The highest BCUT2D eigenvalue weighted by Crippen LogP contribution is 2.33. The van der Waals surface area contributed by atoms with Crippen molar-refractivity contribution in [2.24, 2.45) is 17.6 Å². The average Bonchev–Trinajstić information content (AvgIpc) is 2.96. The van der Waals surface area contributed by atoms with E-state index in [0.29, 0.717) is 24.7 Å². The van der Waals surface area contributed by atoms with Crippen LogP contribution in [0.1, 0.15) is 35.9 Å². The molecule has 0 bridgehead atoms. The van der Waals surface area contributed by atoms with E-state index in [4.69, 9.17) is 5.73 Å². The molecule has 0 spiro atoms. The summed E-state index contributed by atoms with van der Waals surface area (Å²) in [7, 11) is 0. The third-order valence-electron chi connectivity index (χ3n) is 3.79. The van der Waals surface area contributed by atoms with Crippen molar-refractivity contribution in [3.8, 4) is 0 Å². The van der Waals surface area contributed by atoms with E-state index < -0.39 is 0 Å². The minimum absolute atomic E-state index is 0.229. The van der Waals surface area contributed by atoms with Gasteiger partial charge in [-0.3, -0.25) is 4.79 Å². The number of thiophene rings is 1. The quantitative estimate of drug-likeness (QED) is 0.874. The number of ketones is 1. The van der Waals surface area contributed by atoms with E-state index in [1.165, 1.54) is 16.2 Å². The number of aryl methyl sites for hydroxylation is 1. The van der Waals surface area contributed by atoms with Crippen molar-refractivity contribution in [1.82, 2.24) is 0 Å². The Hall–Kier alpha value is -0.670. The molecule has 1 aromatic rings. The van der Waals surface area contributed by atoms with Gasteiger partial charge in [0, 0.05) is 22.1 Å². The summed E-state index contributed by atoms with van der Waals surface area (Å²) in [5, 5.41) is 0. The molecule has 1 aliphatic rings. The summed E-state index contributed by atoms with van der Waals surface area (Å²) in [6, 6.07) is 4.25. The highest BCUT2D eigenvalue weighted by molar-refractivity contribution is 7.12. The van der Waals surface area contributed by atoms with E-state index in [1.54, 1.807) is 11.3 Å². The molecule has 0 radical (unpaired) electrons. The molecule has 94 valence electrons. The number of rotatable bonds is 5. The maximum Gasteiger partial charge on any atom is 0.141 e. The summed E-state index contributed by atoms with van der Waals surface area (Å²) >= 11 is 1.78. The number of hydrogen-bond donors (Lipinski definition) is 1. The smallest absolute Gasteiger partial charge is 0.141 e. The number of carbonyl (C=O) groups is 1. The average molecular weight is 251 g/mol. The van der Waals surface area contributed by atoms with E-state index in [9.17, 15) is 4.79 Å². The molecule has 2 rings (SSSR count). The van der Waals surface area contributed by atoms with Gasteiger partial charge in [-0.15, -0.1) is 11.3 Å². The van der Waals surface area contributed by atoms with Crippen LogP contribution in [0, 0.1) is 11.8 Å². The van der Waals surface area contributed by atoms with E-state index in [2.05, 4.69) is 19.1 Å². The molecular weight excluding hydrogens is 230 g/mol. The SMILES string of the molecule is CCc1ccc(CC(=O)C2CCCC2CN)s1. The maximum absolute atomic E-state index is 12.2. The van der Waals surface area contributed by atoms with Crippen molar-refractivity contribution < 1.29 is 4.79 Å². The fraction of sp³-hybridized carbons (Fsp3) is 0.643. The molecule has 17 heavy (non-hydrogen) atoms. The highest BCUT2D eigenvalue weighted by atomic mass is 32.1. The molecule has 1 aromatic heterocycles. The second kappa shape index (κ2) is 5.78. The molecule has 3 heteroatoms. The molecule has 0 aliphatic heterocycles. The molecule has 2 nitrogen and oxygen atoms in total. The van der Waals surface area contributed by atoms with E-state index in [1.807, 2.05) is 0 Å². The molecule has 1 aliphatic carbocycles. The van der Waals surface area contributed by atoms with Crippen molar-refractivity contribution in [2.45, 2.75) is 39.0 Å². The lowest BCUT2D eigenvalue weighted by atomic mass is 9.90. The molecule has 2 atom stereocenters. The minimum atomic E-state index is 0.229. The molecule has 1 fully saturated rings. The molecule has 0 saturated heterocycles. The Morgan fingerprint density at radius 3 is 2.82 bits per heavy atom. The Kier molecular flexibility index (Phi) is 4.35. The van der Waals surface area contributed by atoms with Crippen LogP contribution in [-0.2, 0) is 17.6 Å². The second-order valence-electron chi connectivity index (χ2n) is 4.90. The Morgan fingerprint density at radius 2 is 2.18 bits per heavy atom. The molecule has 0 aromatic carbocycles. The van der Waals surface area contributed by atoms with Gasteiger partial charge in [-0.1, -0.05) is 13.3 Å². The zero-order chi connectivity index (χ0) is 12.3. The molecule has 2 unspecified atom stereocenters. The Morgan fingerprint density at radius 1 is 1.41 bits per heavy atom. The summed E-state index contributed by atoms with van der Waals surface area (Å²) in [5.41, 5.74) is 5.73. The first-order valence-electron chi connectivity index (χ1n) is 6.55. The van der Waals surface area contributed by atoms with Crippen molar-refractivity contribution in [2.75, 3.05) is 6.54 Å². The van der Waals surface area contributed by atoms with Gasteiger partial charge >= 0.3 is 0 Å². The summed E-state index contributed by atoms with van der Waals surface area (Å²) in [5.74, 6) is 1.07. The van der Waals surface area contributed by atoms with Crippen LogP contribution in [0.3, 0.4) is 0 Å². The van der Waals surface area contributed by atoms with Crippen LogP contribution in [0.4, 0.5) is 0 Å². The molecule has 1 heterocycles. The van der Waals surface area contributed by atoms with Gasteiger partial charge in [-0.05, 0) is 43.9 Å². The number of Topliss-reactive ketones (excluding diaryl/α,β-unsaturated/α-hetero) is 1. The Balaban J connectivity index is 1.96. The Labute approximate surface area is 107 Å². The van der Waals surface area contributed by atoms with E-state index in [-0.39, 0.29) is 5.92 Å². The fourth-order valence-corrected chi connectivity index (χ4v) is 3.72. The minimum Gasteiger partial charge on any atom is -0.330 e. The van der Waals surface area contributed by atoms with Gasteiger partial charge in [0.1, 0.15) is 5.78 Å². The third kappa shape index (κ3) is 2.96. The summed E-state index contributed by atoms with van der Waals surface area (Å²) in [6.07, 6.45) is 5.03. The van der Waals surface area contributed by atoms with Gasteiger partial charge in [-0.25, -0.2) is 0 Å². The number of hydrogen-bond acceptors (Lipinski definition) is 3. The summed E-state index contributed by atoms with van der Waals surface area (Å²) < 4.78 is 0. The maximum atomic E-state index is 12.2. The van der Waals surface area contributed by atoms with Crippen LogP contribution in [-0.4, -0.2) is 12.3 Å². The van der Waals surface area contributed by atoms with E-state index >= 15 is 0 Å². The van der Waals surface area contributed by atoms with Gasteiger partial charge in [-0.2, -0.15) is 0 Å². The third-order valence-corrected chi connectivity index (χ3v) is 5.02. The van der Waals surface area contributed by atoms with Crippen molar-refractivity contribution in [3.05, 3.63) is 21.9 Å². The summed E-state index contributed by atoms with van der Waals surface area (Å²) in [4.78, 5) is 14.8. The summed E-state index contributed by atoms with van der Waals surface area (Å²) in [6.45, 7) is 2.82. The second-order valence-corrected chi connectivity index (χ2v) is 6.15. The first-order valence-corrected chi connectivity index (χ1v) is 7.36. The van der Waals surface area contributed by atoms with Gasteiger partial charge in [0.2, 0.25) is 0 Å². The molecular formula is C14H21NOS. The molecule has 2 N–H and O–H groups in total. The van der Waals surface area contributed by atoms with Gasteiger partial charge < -0.3 is 5.73 Å². The fourth-order valence-electron chi connectivity index (χ4n) is 2.75. The van der Waals surface area contributed by atoms with Gasteiger partial charge in [0.05, 0.1) is 0 Å². The topological polar surface area (TPSA) is 43.1 Å². The lowest BCUT2D eigenvalue weighted by molar-refractivity contribution is -0.123. The lowest BCUT2D eigenvalue weighted by Gasteiger charge is -2.15. The first-order chi connectivity index (χ1) is 8.24. The largest absolute Gasteiger partial charge is 0.330 e. The zero-order valence-corrected chi connectivity index (χ0v) is 11.3. The lowest BCUT2D eigenvalue weighted by Crippen LogP contribution is -2.26. The monoisotopic (exact) mass is 251 g/mol. The highest BCUT2D eigenvalue weighted by Gasteiger charge is 2.31. The van der Waals surface area contributed by atoms with Crippen LogP contribution in [0.15, 0.2) is 12.1 Å². The van der Waals surface area contributed by atoms with Crippen LogP contribution >= 0.6 is 11.3 Å². The predicted molar refractivity (Wildman–Crippen MR) is 72.3 cm³/mol. The molecule has 1 saturated carbocycles. The van der Waals surface area contributed by atoms with Gasteiger partial charge in [0.15, 0.2) is 0 Å². The predicted octanol–water partition coefficient (Wildman–Crippen LogP) is 2.80. The van der Waals surface area contributed by atoms with Crippen LogP contribution in [0.5, 0.6) is 0 Å². The molecule has 0 amide bonds. The van der Waals surface area contributed by atoms with Crippen LogP contribution in [0.2, 0.25) is 0 Å². The van der Waals surface area contributed by atoms with Crippen LogP contribution in [0.25, 0.3) is 0 Å². The van der Waals surface area contributed by atoms with E-state index in [0.717, 1.165) is 19.3 Å². The first kappa shape index (κ1) is 12.8. The Bertz CT molecular complexity index is 385. The van der Waals surface area contributed by atoms with Crippen LogP contribution < -0.4 is 5.73 Å². The number of carbonyl (C=O) groups excluding carboxylic acids is 1. The standard InChI is InChI=1S/C14H21NOS/c1-2-11-6-7-12(17-11)8-14(16)13-5-3-4-10(13)9-15/h6-7,10,13H,2-5,8-9,15H2,1H3. The van der Waals surface area contributed by atoms with Crippen molar-refractivity contribution in [1.29, 1.82) is 0 Å². The van der Waals surface area contributed by atoms with Crippen molar-refractivity contribution >= 4 is 17.1 Å². The van der Waals surface area contributed by atoms with Crippen molar-refractivity contribution in [3.63, 3.8) is 0 Å². The number of nitrogens with two attached hydrogens (primary N) is 1. The normalized spacial score (nSPS) is 24.1. The van der Waals surface area contributed by atoms with Gasteiger partial charge in [0.25, 0.3) is 0 Å².